The minimum Gasteiger partial charge on any atom is -0.495 e. The zero-order valence-electron chi connectivity index (χ0n) is 25.1. The van der Waals surface area contributed by atoms with E-state index in [0.29, 0.717) is 16.3 Å². The normalized spacial score (nSPS) is 12.0. The summed E-state index contributed by atoms with van der Waals surface area (Å²) in [5.74, 6) is -0.521. The monoisotopic (exact) mass is 685 g/mol. The second-order valence-electron chi connectivity index (χ2n) is 9.94. The van der Waals surface area contributed by atoms with Gasteiger partial charge in [0, 0.05) is 33.7 Å². The maximum Gasteiger partial charge on any atom is 0.265 e. The highest BCUT2D eigenvalue weighted by molar-refractivity contribution is 7.92. The van der Waals surface area contributed by atoms with E-state index in [4.69, 9.17) is 49.0 Å². The average molecular weight is 687 g/mol. The molecule has 0 unspecified atom stereocenters. The van der Waals surface area contributed by atoms with Crippen molar-refractivity contribution in [1.29, 1.82) is 0 Å². The van der Waals surface area contributed by atoms with Gasteiger partial charge in [0.1, 0.15) is 18.3 Å². The van der Waals surface area contributed by atoms with E-state index < -0.39 is 34.4 Å². The van der Waals surface area contributed by atoms with Crippen molar-refractivity contribution in [3.05, 3.63) is 75.2 Å². The van der Waals surface area contributed by atoms with Gasteiger partial charge < -0.3 is 24.4 Å². The van der Waals surface area contributed by atoms with Gasteiger partial charge in [-0.1, -0.05) is 40.9 Å². The molecule has 0 aliphatic heterocycles. The number of carbonyl (C=O) groups excluding carboxylic acids is 2. The molecule has 3 aromatic carbocycles. The molecule has 3 aromatic rings. The number of hydrogen-bond acceptors (Lipinski definition) is 7. The number of ether oxygens (including phenoxy) is 3. The lowest BCUT2D eigenvalue weighted by molar-refractivity contribution is -0.139. The van der Waals surface area contributed by atoms with E-state index in [1.807, 2.05) is 0 Å². The van der Waals surface area contributed by atoms with Crippen molar-refractivity contribution in [3.63, 3.8) is 0 Å². The number of nitrogens with zero attached hydrogens (tertiary/aromatic N) is 2. The molecule has 0 saturated heterocycles. The molecule has 44 heavy (non-hydrogen) atoms. The molecule has 0 bridgehead atoms. The molecule has 3 rings (SSSR count). The summed E-state index contributed by atoms with van der Waals surface area (Å²) in [5, 5.41) is 3.67. The fourth-order valence-corrected chi connectivity index (χ4v) is 6.36. The van der Waals surface area contributed by atoms with Crippen LogP contribution in [0, 0.1) is 0 Å². The second-order valence-corrected chi connectivity index (χ2v) is 13.1. The summed E-state index contributed by atoms with van der Waals surface area (Å²) >= 11 is 18.8. The number of amides is 2. The van der Waals surface area contributed by atoms with Gasteiger partial charge in [0.15, 0.2) is 11.5 Å². The van der Waals surface area contributed by atoms with E-state index in [1.54, 1.807) is 32.9 Å². The highest BCUT2D eigenvalue weighted by atomic mass is 35.5. The SMILES string of the molecule is COc1ccc(S(=O)(=O)N(CC(=O)N(Cc2ccc(Cl)cc2Cl)[C@H](C)C(=O)NC(C)C)c2cc(Cl)ccc2OC)cc1OC. The molecule has 2 amide bonds. The van der Waals surface area contributed by atoms with Gasteiger partial charge in [-0.3, -0.25) is 13.9 Å². The maximum absolute atomic E-state index is 14.3. The first-order chi connectivity index (χ1) is 20.7. The van der Waals surface area contributed by atoms with Gasteiger partial charge in [-0.2, -0.15) is 0 Å². The Labute approximate surface area is 272 Å². The Morgan fingerprint density at radius 2 is 1.41 bits per heavy atom. The van der Waals surface area contributed by atoms with Crippen molar-refractivity contribution < 1.29 is 32.2 Å². The number of anilines is 1. The molecule has 0 aliphatic carbocycles. The molecule has 238 valence electrons. The summed E-state index contributed by atoms with van der Waals surface area (Å²) in [6.45, 7) is 4.29. The van der Waals surface area contributed by atoms with Gasteiger partial charge in [-0.25, -0.2) is 8.42 Å². The predicted molar refractivity (Wildman–Crippen MR) is 172 cm³/mol. The number of carbonyl (C=O) groups is 2. The lowest BCUT2D eigenvalue weighted by Crippen LogP contribution is -2.52. The highest BCUT2D eigenvalue weighted by Gasteiger charge is 2.35. The fourth-order valence-electron chi connectivity index (χ4n) is 4.30. The van der Waals surface area contributed by atoms with E-state index in [0.717, 1.165) is 4.31 Å². The number of rotatable bonds is 13. The van der Waals surface area contributed by atoms with Crippen LogP contribution in [0.4, 0.5) is 5.69 Å². The van der Waals surface area contributed by atoms with Gasteiger partial charge in [0.2, 0.25) is 11.8 Å². The Hall–Kier alpha value is -3.38. The van der Waals surface area contributed by atoms with Gasteiger partial charge in [-0.15, -0.1) is 0 Å². The molecular weight excluding hydrogens is 653 g/mol. The highest BCUT2D eigenvalue weighted by Crippen LogP contribution is 2.37. The number of halogens is 3. The van der Waals surface area contributed by atoms with Gasteiger partial charge >= 0.3 is 0 Å². The van der Waals surface area contributed by atoms with Crippen LogP contribution in [0.5, 0.6) is 17.2 Å². The number of methoxy groups -OCH3 is 3. The molecule has 1 atom stereocenters. The summed E-state index contributed by atoms with van der Waals surface area (Å²) in [5.41, 5.74) is 0.509. The zero-order chi connectivity index (χ0) is 32.8. The minimum absolute atomic E-state index is 0.00638. The first kappa shape index (κ1) is 35.1. The molecule has 0 radical (unpaired) electrons. The molecule has 0 fully saturated rings. The number of nitrogens with one attached hydrogen (secondary N) is 1. The van der Waals surface area contributed by atoms with Crippen LogP contribution >= 0.6 is 34.8 Å². The minimum atomic E-state index is -4.47. The maximum atomic E-state index is 14.3. The molecule has 0 aromatic heterocycles. The lowest BCUT2D eigenvalue weighted by atomic mass is 10.1. The van der Waals surface area contributed by atoms with Crippen molar-refractivity contribution in [2.45, 2.75) is 44.3 Å². The van der Waals surface area contributed by atoms with Gasteiger partial charge in [0.05, 0.1) is 31.9 Å². The zero-order valence-corrected chi connectivity index (χ0v) is 28.1. The van der Waals surface area contributed by atoms with Gasteiger partial charge in [-0.05, 0) is 68.8 Å². The van der Waals surface area contributed by atoms with E-state index in [-0.39, 0.29) is 44.7 Å². The van der Waals surface area contributed by atoms with Crippen LogP contribution in [0.2, 0.25) is 15.1 Å². The van der Waals surface area contributed by atoms with E-state index in [9.17, 15) is 18.0 Å². The third-order valence-electron chi connectivity index (χ3n) is 6.59. The molecule has 10 nitrogen and oxygen atoms in total. The molecule has 0 aliphatic rings. The summed E-state index contributed by atoms with van der Waals surface area (Å²) in [4.78, 5) is 28.4. The average Bonchev–Trinajstić information content (AvgIpc) is 2.98. The van der Waals surface area contributed by atoms with Crippen molar-refractivity contribution in [3.8, 4) is 17.2 Å². The lowest BCUT2D eigenvalue weighted by Gasteiger charge is -2.33. The van der Waals surface area contributed by atoms with Crippen LogP contribution < -0.4 is 23.8 Å². The summed E-state index contributed by atoms with van der Waals surface area (Å²) < 4.78 is 45.5. The standard InChI is InChI=1S/C30H34Cl3N3O7S/c1-18(2)34-30(38)19(3)35(16-20-7-8-21(31)13-24(20)33)29(37)17-36(25-14-22(32)9-11-26(25)41-4)44(39,40)23-10-12-27(42-5)28(15-23)43-6/h7-15,18-19H,16-17H2,1-6H3,(H,34,38)/t19-/m1/s1. The Morgan fingerprint density at radius 3 is 2.00 bits per heavy atom. The Balaban J connectivity index is 2.17. The largest absolute Gasteiger partial charge is 0.495 e. The van der Waals surface area contributed by atoms with Crippen LogP contribution in [-0.4, -0.2) is 65.1 Å². The second kappa shape index (κ2) is 15.1. The smallest absolute Gasteiger partial charge is 0.265 e. The number of benzene rings is 3. The molecule has 14 heteroatoms. The predicted octanol–water partition coefficient (Wildman–Crippen LogP) is 5.81. The van der Waals surface area contributed by atoms with Gasteiger partial charge in [0.25, 0.3) is 10.0 Å². The molecular formula is C30H34Cl3N3O7S. The summed E-state index contributed by atoms with van der Waals surface area (Å²) in [6, 6.07) is 12.0. The van der Waals surface area contributed by atoms with Crippen LogP contribution in [0.25, 0.3) is 0 Å². The third-order valence-corrected chi connectivity index (χ3v) is 9.16. The molecule has 1 N–H and O–H groups in total. The quantitative estimate of drug-likeness (QED) is 0.241. The van der Waals surface area contributed by atoms with Crippen LogP contribution in [0.1, 0.15) is 26.3 Å². The first-order valence-corrected chi connectivity index (χ1v) is 15.9. The third kappa shape index (κ3) is 8.20. The number of hydrogen-bond donors (Lipinski definition) is 1. The molecule has 0 heterocycles. The van der Waals surface area contributed by atoms with Crippen LogP contribution in [0.15, 0.2) is 59.5 Å². The fraction of sp³-hybridized carbons (Fsp3) is 0.333. The van der Waals surface area contributed by atoms with Crippen molar-refractivity contribution in [1.82, 2.24) is 10.2 Å². The van der Waals surface area contributed by atoms with E-state index >= 15 is 0 Å². The van der Waals surface area contributed by atoms with Crippen molar-refractivity contribution >= 4 is 62.3 Å². The number of sulfonamides is 1. The van der Waals surface area contributed by atoms with Crippen LogP contribution in [0.3, 0.4) is 0 Å². The Bertz CT molecular complexity index is 1620. The van der Waals surface area contributed by atoms with Crippen molar-refractivity contribution in [2.75, 3.05) is 32.2 Å². The molecule has 0 spiro atoms. The Morgan fingerprint density at radius 1 is 0.818 bits per heavy atom. The first-order valence-electron chi connectivity index (χ1n) is 13.4. The Kier molecular flexibility index (Phi) is 12.0. The van der Waals surface area contributed by atoms with Crippen molar-refractivity contribution in [2.24, 2.45) is 0 Å². The molecule has 0 saturated carbocycles. The topological polar surface area (TPSA) is 114 Å². The van der Waals surface area contributed by atoms with E-state index in [1.165, 1.54) is 68.7 Å². The van der Waals surface area contributed by atoms with Crippen LogP contribution in [-0.2, 0) is 26.2 Å². The summed E-state index contributed by atoms with van der Waals surface area (Å²) in [7, 11) is -0.313. The summed E-state index contributed by atoms with van der Waals surface area (Å²) in [6.07, 6.45) is 0. The van der Waals surface area contributed by atoms with E-state index in [2.05, 4.69) is 5.32 Å².